The van der Waals surface area contributed by atoms with E-state index in [1.54, 1.807) is 14.2 Å². The number of nitrogens with one attached hydrogen (secondary N) is 2. The Kier molecular flexibility index (Phi) is 10.6. The first kappa shape index (κ1) is 24.9. The van der Waals surface area contributed by atoms with E-state index in [1.807, 2.05) is 59.5 Å². The van der Waals surface area contributed by atoms with Crippen molar-refractivity contribution in [1.29, 1.82) is 0 Å². The molecule has 1 heterocycles. The molecule has 0 bridgehead atoms. The van der Waals surface area contributed by atoms with Crippen LogP contribution in [0.3, 0.4) is 0 Å². The fraction of sp³-hybridized carbons (Fsp3) is 0.391. The van der Waals surface area contributed by atoms with Crippen LogP contribution in [-0.4, -0.2) is 63.8 Å². The van der Waals surface area contributed by atoms with Gasteiger partial charge in [0.25, 0.3) is 0 Å². The quantitative estimate of drug-likeness (QED) is 0.322. The first-order valence-corrected chi connectivity index (χ1v) is 10.2. The van der Waals surface area contributed by atoms with Crippen LogP contribution in [0.1, 0.15) is 17.0 Å². The molecule has 31 heavy (non-hydrogen) atoms. The molecule has 2 aromatic carbocycles. The average molecular weight is 538 g/mol. The normalized spacial score (nSPS) is 14.9. The van der Waals surface area contributed by atoms with Gasteiger partial charge in [-0.1, -0.05) is 42.5 Å². The van der Waals surface area contributed by atoms with Crippen molar-refractivity contribution in [2.24, 2.45) is 4.99 Å². The van der Waals surface area contributed by atoms with E-state index in [0.29, 0.717) is 45.4 Å². The second-order valence-electron chi connectivity index (χ2n) is 7.06. The number of aliphatic imine (C=N–C) groups is 1. The van der Waals surface area contributed by atoms with E-state index >= 15 is 0 Å². The summed E-state index contributed by atoms with van der Waals surface area (Å²) in [6, 6.07) is 17.8. The molecule has 2 N–H and O–H groups in total. The molecule has 1 unspecified atom stereocenters. The van der Waals surface area contributed by atoms with Crippen LogP contribution in [0.15, 0.2) is 59.6 Å². The number of rotatable bonds is 7. The first-order chi connectivity index (χ1) is 14.7. The van der Waals surface area contributed by atoms with Crippen LogP contribution >= 0.6 is 24.0 Å². The zero-order chi connectivity index (χ0) is 21.2. The molecule has 1 atom stereocenters. The maximum absolute atomic E-state index is 13.2. The molecular formula is C23H31IN4O3. The van der Waals surface area contributed by atoms with Gasteiger partial charge in [0.05, 0.1) is 26.2 Å². The average Bonchev–Trinajstić information content (AvgIpc) is 2.82. The van der Waals surface area contributed by atoms with Crippen molar-refractivity contribution >= 4 is 35.8 Å². The van der Waals surface area contributed by atoms with Crippen LogP contribution < -0.4 is 15.4 Å². The molecular weight excluding hydrogens is 507 g/mol. The molecule has 168 valence electrons. The van der Waals surface area contributed by atoms with E-state index in [4.69, 9.17) is 9.47 Å². The van der Waals surface area contributed by atoms with Crippen LogP contribution in [0.25, 0.3) is 0 Å². The number of benzene rings is 2. The number of amides is 1. The number of carbonyl (C=O) groups excluding carboxylic acids is 1. The smallest absolute Gasteiger partial charge is 0.232 e. The van der Waals surface area contributed by atoms with Gasteiger partial charge >= 0.3 is 0 Å². The van der Waals surface area contributed by atoms with Gasteiger partial charge < -0.3 is 25.0 Å². The molecule has 0 aromatic heterocycles. The molecule has 0 radical (unpaired) electrons. The lowest BCUT2D eigenvalue weighted by molar-refractivity contribution is -0.136. The highest BCUT2D eigenvalue weighted by Gasteiger charge is 2.27. The lowest BCUT2D eigenvalue weighted by Crippen LogP contribution is -2.47. The van der Waals surface area contributed by atoms with Gasteiger partial charge in [0, 0.05) is 33.2 Å². The Hall–Kier alpha value is -2.33. The molecule has 1 saturated heterocycles. The molecule has 1 aliphatic rings. The highest BCUT2D eigenvalue weighted by atomic mass is 127. The topological polar surface area (TPSA) is 75.2 Å². The molecule has 3 rings (SSSR count). The predicted octanol–water partition coefficient (Wildman–Crippen LogP) is 2.62. The maximum atomic E-state index is 13.2. The molecule has 8 heteroatoms. The first-order valence-electron chi connectivity index (χ1n) is 10.2. The monoisotopic (exact) mass is 538 g/mol. The minimum Gasteiger partial charge on any atom is -0.497 e. The van der Waals surface area contributed by atoms with Crippen molar-refractivity contribution < 1.29 is 14.3 Å². The van der Waals surface area contributed by atoms with Gasteiger partial charge in [0.1, 0.15) is 5.75 Å². The summed E-state index contributed by atoms with van der Waals surface area (Å²) in [4.78, 5) is 19.4. The second kappa shape index (κ2) is 13.2. The third kappa shape index (κ3) is 7.39. The molecule has 0 spiro atoms. The summed E-state index contributed by atoms with van der Waals surface area (Å²) >= 11 is 0. The van der Waals surface area contributed by atoms with Gasteiger partial charge in [-0.25, -0.2) is 0 Å². The molecule has 7 nitrogen and oxygen atoms in total. The summed E-state index contributed by atoms with van der Waals surface area (Å²) < 4.78 is 10.6. The van der Waals surface area contributed by atoms with E-state index in [9.17, 15) is 4.79 Å². The minimum absolute atomic E-state index is 0. The van der Waals surface area contributed by atoms with Gasteiger partial charge in [0.15, 0.2) is 5.96 Å². The number of hydrogen-bond donors (Lipinski definition) is 2. The van der Waals surface area contributed by atoms with E-state index in [1.165, 1.54) is 0 Å². The van der Waals surface area contributed by atoms with Crippen LogP contribution in [0.2, 0.25) is 0 Å². The maximum Gasteiger partial charge on any atom is 0.232 e. The largest absolute Gasteiger partial charge is 0.497 e. The van der Waals surface area contributed by atoms with E-state index in [0.717, 1.165) is 16.9 Å². The summed E-state index contributed by atoms with van der Waals surface area (Å²) in [5.74, 6) is 1.31. The third-order valence-corrected chi connectivity index (χ3v) is 5.14. The molecule has 1 aliphatic heterocycles. The summed E-state index contributed by atoms with van der Waals surface area (Å²) in [6.45, 7) is 3.52. The van der Waals surface area contributed by atoms with Crippen LogP contribution in [0, 0.1) is 0 Å². The van der Waals surface area contributed by atoms with Gasteiger partial charge in [-0.15, -0.1) is 24.0 Å². The molecule has 1 amide bonds. The minimum atomic E-state index is -0.288. The number of hydrogen-bond acceptors (Lipinski definition) is 4. The van der Waals surface area contributed by atoms with Gasteiger partial charge in [0.2, 0.25) is 5.91 Å². The Labute approximate surface area is 201 Å². The number of morpholine rings is 1. The molecule has 1 fully saturated rings. The van der Waals surface area contributed by atoms with Crippen LogP contribution in [-0.2, 0) is 16.1 Å². The van der Waals surface area contributed by atoms with Crippen LogP contribution in [0.5, 0.6) is 5.75 Å². The van der Waals surface area contributed by atoms with Crippen molar-refractivity contribution in [2.75, 3.05) is 47.0 Å². The summed E-state index contributed by atoms with van der Waals surface area (Å²) in [5, 5.41) is 6.62. The number of guanidine groups is 1. The van der Waals surface area contributed by atoms with Crippen molar-refractivity contribution in [3.05, 3.63) is 65.7 Å². The number of ether oxygens (including phenoxy) is 2. The van der Waals surface area contributed by atoms with Crippen LogP contribution in [0.4, 0.5) is 0 Å². The highest BCUT2D eigenvalue weighted by Crippen LogP contribution is 2.19. The predicted molar refractivity (Wildman–Crippen MR) is 133 cm³/mol. The fourth-order valence-electron chi connectivity index (χ4n) is 3.39. The van der Waals surface area contributed by atoms with Crippen molar-refractivity contribution in [3.8, 4) is 5.75 Å². The summed E-state index contributed by atoms with van der Waals surface area (Å²) in [6.07, 6.45) is 0. The van der Waals surface area contributed by atoms with E-state index in [-0.39, 0.29) is 35.8 Å². The zero-order valence-electron chi connectivity index (χ0n) is 18.0. The van der Waals surface area contributed by atoms with Crippen molar-refractivity contribution in [3.63, 3.8) is 0 Å². The third-order valence-electron chi connectivity index (χ3n) is 5.14. The Morgan fingerprint density at radius 2 is 1.77 bits per heavy atom. The molecule has 0 aliphatic carbocycles. The number of methoxy groups -OCH3 is 1. The standard InChI is InChI=1S/C23H30N4O3.HI/c1-24-23(25-16-18-8-10-20(29-2)11-9-18)26-17-21(19-6-4-3-5-7-19)22(28)27-12-14-30-15-13-27;/h3-11,21H,12-17H2,1-2H3,(H2,24,25,26);1H. The summed E-state index contributed by atoms with van der Waals surface area (Å²) in [7, 11) is 3.38. The van der Waals surface area contributed by atoms with E-state index < -0.39 is 0 Å². The van der Waals surface area contributed by atoms with Crippen molar-refractivity contribution in [2.45, 2.75) is 12.5 Å². The van der Waals surface area contributed by atoms with E-state index in [2.05, 4.69) is 15.6 Å². The summed E-state index contributed by atoms with van der Waals surface area (Å²) in [5.41, 5.74) is 2.11. The Morgan fingerprint density at radius 3 is 2.39 bits per heavy atom. The fourth-order valence-corrected chi connectivity index (χ4v) is 3.39. The molecule has 0 saturated carbocycles. The lowest BCUT2D eigenvalue weighted by Gasteiger charge is -2.31. The SMILES string of the molecule is CN=C(NCc1ccc(OC)cc1)NCC(C(=O)N1CCOCC1)c1ccccc1.I. The Morgan fingerprint density at radius 1 is 1.10 bits per heavy atom. The van der Waals surface area contributed by atoms with Crippen molar-refractivity contribution in [1.82, 2.24) is 15.5 Å². The van der Waals surface area contributed by atoms with Gasteiger partial charge in [-0.05, 0) is 23.3 Å². The van der Waals surface area contributed by atoms with Gasteiger partial charge in [-0.2, -0.15) is 0 Å². The Balaban J connectivity index is 0.00000341. The lowest BCUT2D eigenvalue weighted by atomic mass is 9.97. The zero-order valence-corrected chi connectivity index (χ0v) is 20.4. The second-order valence-corrected chi connectivity index (χ2v) is 7.06. The highest BCUT2D eigenvalue weighted by molar-refractivity contribution is 14.0. The molecule has 2 aromatic rings. The van der Waals surface area contributed by atoms with Gasteiger partial charge in [-0.3, -0.25) is 9.79 Å². The number of carbonyl (C=O) groups is 1. The number of halogens is 1. The number of nitrogens with zero attached hydrogens (tertiary/aromatic N) is 2. The Bertz CT molecular complexity index is 824.